The molecule has 3 aromatic rings. The maximum Gasteiger partial charge on any atom is 0.0618 e. The highest BCUT2D eigenvalue weighted by Crippen LogP contribution is 2.34. The number of fused-ring (bicyclic) bond motifs is 5. The molecule has 0 saturated heterocycles. The molecule has 0 aromatic heterocycles. The van der Waals surface area contributed by atoms with Gasteiger partial charge < -0.3 is 4.74 Å². The van der Waals surface area contributed by atoms with Crippen molar-refractivity contribution in [1.29, 1.82) is 0 Å². The summed E-state index contributed by atoms with van der Waals surface area (Å²) < 4.78 is 6.23. The van der Waals surface area contributed by atoms with Gasteiger partial charge in [0.1, 0.15) is 0 Å². The third-order valence-electron chi connectivity index (χ3n) is 6.15. The van der Waals surface area contributed by atoms with Gasteiger partial charge in [-0.1, -0.05) is 87.6 Å². The second-order valence-corrected chi connectivity index (χ2v) is 8.09. The van der Waals surface area contributed by atoms with Crippen LogP contribution in [0.1, 0.15) is 63.0 Å². The van der Waals surface area contributed by atoms with Crippen molar-refractivity contribution in [2.45, 2.75) is 70.8 Å². The number of hydrogen-bond acceptors (Lipinski definition) is 1. The summed E-state index contributed by atoms with van der Waals surface area (Å²) in [6, 6.07) is 18.0. The van der Waals surface area contributed by atoms with Gasteiger partial charge in [-0.25, -0.2) is 0 Å². The quantitative estimate of drug-likeness (QED) is 0.304. The maximum atomic E-state index is 6.23. The molecule has 1 aliphatic rings. The number of unbranched alkanes of at least 4 members (excludes halogenated alkanes) is 5. The number of aryl methyl sites for hydroxylation is 1. The zero-order chi connectivity index (χ0) is 18.5. The van der Waals surface area contributed by atoms with Crippen molar-refractivity contribution in [2.24, 2.45) is 0 Å². The van der Waals surface area contributed by atoms with Crippen LogP contribution in [0.3, 0.4) is 0 Å². The van der Waals surface area contributed by atoms with Crippen molar-refractivity contribution in [3.8, 4) is 0 Å². The first-order valence-electron chi connectivity index (χ1n) is 10.9. The van der Waals surface area contributed by atoms with Gasteiger partial charge in [0.05, 0.1) is 6.10 Å². The predicted molar refractivity (Wildman–Crippen MR) is 117 cm³/mol. The Morgan fingerprint density at radius 1 is 0.815 bits per heavy atom. The van der Waals surface area contributed by atoms with E-state index in [4.69, 9.17) is 4.74 Å². The van der Waals surface area contributed by atoms with E-state index in [2.05, 4.69) is 55.5 Å². The summed E-state index contributed by atoms with van der Waals surface area (Å²) >= 11 is 0. The van der Waals surface area contributed by atoms with Gasteiger partial charge in [-0.3, -0.25) is 0 Å². The van der Waals surface area contributed by atoms with E-state index < -0.39 is 0 Å². The minimum atomic E-state index is 0.408. The Hall–Kier alpha value is -1.86. The van der Waals surface area contributed by atoms with E-state index in [0.717, 1.165) is 25.9 Å². The molecule has 0 N–H and O–H groups in total. The molecule has 0 radical (unpaired) electrons. The van der Waals surface area contributed by atoms with Crippen molar-refractivity contribution in [3.63, 3.8) is 0 Å². The van der Waals surface area contributed by atoms with Gasteiger partial charge in [0.15, 0.2) is 0 Å². The van der Waals surface area contributed by atoms with Gasteiger partial charge in [0, 0.05) is 6.61 Å². The van der Waals surface area contributed by atoms with Crippen molar-refractivity contribution >= 4 is 21.5 Å². The third kappa shape index (κ3) is 4.19. The molecule has 1 unspecified atom stereocenters. The predicted octanol–water partition coefficient (Wildman–Crippen LogP) is 7.23. The van der Waals surface area contributed by atoms with Crippen LogP contribution in [-0.2, 0) is 17.6 Å². The van der Waals surface area contributed by atoms with Crippen LogP contribution in [0.25, 0.3) is 21.5 Å². The largest absolute Gasteiger partial charge is 0.378 e. The molecule has 1 aliphatic carbocycles. The Kier molecular flexibility index (Phi) is 6.09. The highest BCUT2D eigenvalue weighted by Gasteiger charge is 2.21. The second-order valence-electron chi connectivity index (χ2n) is 8.09. The molecule has 142 valence electrons. The first-order chi connectivity index (χ1) is 13.4. The molecule has 0 heterocycles. The molecule has 0 amide bonds. The van der Waals surface area contributed by atoms with Gasteiger partial charge in [0.2, 0.25) is 0 Å². The summed E-state index contributed by atoms with van der Waals surface area (Å²) in [6.45, 7) is 3.21. The monoisotopic (exact) mass is 360 g/mol. The van der Waals surface area contributed by atoms with E-state index in [1.807, 2.05) is 0 Å². The van der Waals surface area contributed by atoms with Crippen molar-refractivity contribution in [2.75, 3.05) is 6.61 Å². The van der Waals surface area contributed by atoms with Crippen LogP contribution in [0.15, 0.2) is 48.5 Å². The lowest BCUT2D eigenvalue weighted by Gasteiger charge is -2.26. The van der Waals surface area contributed by atoms with Crippen LogP contribution >= 0.6 is 0 Å². The molecule has 0 fully saturated rings. The average molecular weight is 361 g/mol. The zero-order valence-corrected chi connectivity index (χ0v) is 16.7. The van der Waals surface area contributed by atoms with E-state index in [1.165, 1.54) is 65.6 Å². The van der Waals surface area contributed by atoms with E-state index in [0.29, 0.717) is 6.10 Å². The Morgan fingerprint density at radius 2 is 1.63 bits per heavy atom. The smallest absolute Gasteiger partial charge is 0.0618 e. The number of hydrogen-bond donors (Lipinski definition) is 0. The summed E-state index contributed by atoms with van der Waals surface area (Å²) in [5.74, 6) is 0. The summed E-state index contributed by atoms with van der Waals surface area (Å²) in [5, 5.41) is 5.55. The fourth-order valence-electron chi connectivity index (χ4n) is 4.61. The number of rotatable bonds is 8. The Bertz CT molecular complexity index is 895. The number of ether oxygens (including phenoxy) is 1. The first-order valence-corrected chi connectivity index (χ1v) is 10.9. The van der Waals surface area contributed by atoms with Crippen molar-refractivity contribution in [3.05, 3.63) is 59.7 Å². The van der Waals surface area contributed by atoms with Gasteiger partial charge >= 0.3 is 0 Å². The topological polar surface area (TPSA) is 9.23 Å². The maximum absolute atomic E-state index is 6.23. The van der Waals surface area contributed by atoms with E-state index in [-0.39, 0.29) is 0 Å². The van der Waals surface area contributed by atoms with Crippen LogP contribution in [0.4, 0.5) is 0 Å². The molecule has 1 heteroatoms. The highest BCUT2D eigenvalue weighted by molar-refractivity contribution is 6.08. The standard InChI is InChI=1S/C26H32O/c1-2-3-4-5-6-9-18-27-22-14-17-24-21(19-22)13-16-25-23-11-8-7-10-20(23)12-15-26(24)25/h7-8,10-13,15-16,22H,2-6,9,14,17-19H2,1H3. The summed E-state index contributed by atoms with van der Waals surface area (Å²) in [4.78, 5) is 0. The Balaban J connectivity index is 1.40. The van der Waals surface area contributed by atoms with Gasteiger partial charge in [0.25, 0.3) is 0 Å². The zero-order valence-electron chi connectivity index (χ0n) is 16.7. The average Bonchev–Trinajstić information content (AvgIpc) is 2.72. The lowest BCUT2D eigenvalue weighted by Crippen LogP contribution is -2.23. The first kappa shape index (κ1) is 18.5. The molecule has 0 aliphatic heterocycles. The van der Waals surface area contributed by atoms with Gasteiger partial charge in [-0.05, 0) is 58.4 Å². The number of benzene rings is 3. The minimum absolute atomic E-state index is 0.408. The Morgan fingerprint density at radius 3 is 2.56 bits per heavy atom. The lowest BCUT2D eigenvalue weighted by atomic mass is 9.85. The van der Waals surface area contributed by atoms with Gasteiger partial charge in [-0.15, -0.1) is 0 Å². The summed E-state index contributed by atoms with van der Waals surface area (Å²) in [5.41, 5.74) is 3.05. The van der Waals surface area contributed by atoms with Crippen molar-refractivity contribution < 1.29 is 4.74 Å². The highest BCUT2D eigenvalue weighted by atomic mass is 16.5. The van der Waals surface area contributed by atoms with Crippen LogP contribution < -0.4 is 0 Å². The van der Waals surface area contributed by atoms with Crippen LogP contribution in [0, 0.1) is 0 Å². The molecule has 0 saturated carbocycles. The molecule has 1 atom stereocenters. The molecular weight excluding hydrogens is 328 g/mol. The fourth-order valence-corrected chi connectivity index (χ4v) is 4.61. The normalized spacial score (nSPS) is 16.7. The molecule has 0 bridgehead atoms. The lowest BCUT2D eigenvalue weighted by molar-refractivity contribution is 0.0418. The summed E-state index contributed by atoms with van der Waals surface area (Å²) in [6.07, 6.45) is 11.8. The van der Waals surface area contributed by atoms with Crippen LogP contribution in [0.5, 0.6) is 0 Å². The third-order valence-corrected chi connectivity index (χ3v) is 6.15. The van der Waals surface area contributed by atoms with E-state index in [1.54, 1.807) is 5.56 Å². The molecule has 3 aromatic carbocycles. The summed E-state index contributed by atoms with van der Waals surface area (Å²) in [7, 11) is 0. The fraction of sp³-hybridized carbons (Fsp3) is 0.462. The Labute approximate surface area is 163 Å². The van der Waals surface area contributed by atoms with Crippen LogP contribution in [0.2, 0.25) is 0 Å². The SMILES string of the molecule is CCCCCCCCOC1CCc2c(ccc3c2ccc2ccccc23)C1. The molecule has 1 nitrogen and oxygen atoms in total. The molecule has 0 spiro atoms. The van der Waals surface area contributed by atoms with E-state index >= 15 is 0 Å². The van der Waals surface area contributed by atoms with Gasteiger partial charge in [-0.2, -0.15) is 0 Å². The van der Waals surface area contributed by atoms with Crippen molar-refractivity contribution in [1.82, 2.24) is 0 Å². The minimum Gasteiger partial charge on any atom is -0.378 e. The molecule has 27 heavy (non-hydrogen) atoms. The molecular formula is C26H32O. The van der Waals surface area contributed by atoms with E-state index in [9.17, 15) is 0 Å². The second kappa shape index (κ2) is 8.89. The van der Waals surface area contributed by atoms with Crippen LogP contribution in [-0.4, -0.2) is 12.7 Å². The molecule has 4 rings (SSSR count).